The topological polar surface area (TPSA) is 518 Å². The molecule has 0 aliphatic carbocycles. The molecule has 0 spiro atoms. The minimum Gasteiger partial charge on any atom is -0.347 e. The van der Waals surface area contributed by atoms with E-state index in [4.69, 9.17) is 0 Å². The number of rotatable bonds is 7. The van der Waals surface area contributed by atoms with Crippen LogP contribution in [0, 0.1) is 20.2 Å². The van der Waals surface area contributed by atoms with Crippen LogP contribution in [0.1, 0.15) is 148 Å². The van der Waals surface area contributed by atoms with E-state index in [1.54, 1.807) is 0 Å². The van der Waals surface area contributed by atoms with Gasteiger partial charge in [0.05, 0.1) is 21.0 Å². The van der Waals surface area contributed by atoms with Gasteiger partial charge in [-0.2, -0.15) is 0 Å². The molecule has 8 aromatic rings. The van der Waals surface area contributed by atoms with Crippen molar-refractivity contribution in [1.29, 1.82) is 0 Å². The Balaban J connectivity index is 0.691. The van der Waals surface area contributed by atoms with Crippen molar-refractivity contribution in [3.05, 3.63) is 211 Å². The zero-order chi connectivity index (χ0) is 83.9. The van der Waals surface area contributed by atoms with Crippen molar-refractivity contribution < 1.29 is 77.0 Å². The molecule has 6 unspecified atom stereocenters. The number of carbonyl (C=O) groups is 14. The number of nitrogens with zero attached hydrogens (tertiary/aromatic N) is 14. The molecule has 40 nitrogen and oxygen atoms in total. The number of hydrogen-bond donors (Lipinski definition) is 8. The van der Waals surface area contributed by atoms with Crippen molar-refractivity contribution in [2.75, 3.05) is 71.2 Å². The van der Waals surface area contributed by atoms with Crippen LogP contribution in [-0.2, 0) is 28.8 Å². The van der Waals surface area contributed by atoms with E-state index >= 15 is 19.2 Å². The summed E-state index contributed by atoms with van der Waals surface area (Å²) in [6.07, 6.45) is 1.82. The van der Waals surface area contributed by atoms with E-state index < -0.39 is 189 Å². The van der Waals surface area contributed by atoms with E-state index in [1.807, 2.05) is 0 Å². The molecule has 6 saturated heterocycles. The van der Waals surface area contributed by atoms with Crippen LogP contribution in [0.2, 0.25) is 0 Å². The minimum absolute atomic E-state index is 0.00846. The van der Waals surface area contributed by atoms with Crippen LogP contribution >= 0.6 is 0 Å². The largest absolute Gasteiger partial charge is 0.347 e. The summed E-state index contributed by atoms with van der Waals surface area (Å²) in [7, 11) is 0. The molecule has 6 aromatic heterocycles. The van der Waals surface area contributed by atoms with E-state index in [-0.39, 0.29) is 132 Å². The lowest BCUT2D eigenvalue weighted by Crippen LogP contribution is -2.45. The highest BCUT2D eigenvalue weighted by Gasteiger charge is 2.46. The Morgan fingerprint density at radius 2 is 0.558 bits per heavy atom. The Kier molecular flexibility index (Phi) is 21.5. The van der Waals surface area contributed by atoms with Gasteiger partial charge in [0.1, 0.15) is 105 Å². The molecule has 120 heavy (non-hydrogen) atoms. The Hall–Kier alpha value is -15.3. The molecule has 8 N–H and O–H groups in total. The molecule has 8 aliphatic rings. The van der Waals surface area contributed by atoms with Gasteiger partial charge in [0.2, 0.25) is 35.4 Å². The lowest BCUT2D eigenvalue weighted by molar-refractivity contribution is -0.385. The average Bonchev–Trinajstić information content (AvgIpc) is 1.14. The Morgan fingerprint density at radius 3 is 0.800 bits per heavy atom. The predicted molar refractivity (Wildman–Crippen MR) is 420 cm³/mol. The van der Waals surface area contributed by atoms with Crippen LogP contribution in [0.25, 0.3) is 11.1 Å². The van der Waals surface area contributed by atoms with E-state index in [2.05, 4.69) is 72.4 Å². The van der Waals surface area contributed by atoms with Gasteiger partial charge in [-0.05, 0) is 160 Å². The van der Waals surface area contributed by atoms with Gasteiger partial charge in [-0.25, -0.2) is 29.9 Å². The van der Waals surface area contributed by atoms with Gasteiger partial charge in [-0.3, -0.25) is 87.4 Å². The van der Waals surface area contributed by atoms with Crippen LogP contribution in [0.3, 0.4) is 0 Å². The summed E-state index contributed by atoms with van der Waals surface area (Å²) in [5.74, 6) is -11.6. The second-order valence-corrected chi connectivity index (χ2v) is 29.7. The fourth-order valence-corrected chi connectivity index (χ4v) is 16.5. The van der Waals surface area contributed by atoms with Crippen LogP contribution in [-0.4, -0.2) is 239 Å². The summed E-state index contributed by atoms with van der Waals surface area (Å²) in [5.41, 5.74) is -3.92. The van der Waals surface area contributed by atoms with Gasteiger partial charge in [-0.1, -0.05) is 36.4 Å². The minimum atomic E-state index is -1.52. The molecular weight excluding hydrogens is 1560 g/mol. The van der Waals surface area contributed by atoms with Crippen molar-refractivity contribution in [2.45, 2.75) is 113 Å². The molecule has 14 amide bonds. The number of amides is 14. The van der Waals surface area contributed by atoms with Gasteiger partial charge >= 0.3 is 0 Å². The average molecular weight is 1630 g/mol. The Labute approximate surface area is 678 Å². The smallest absolute Gasteiger partial charge is 0.273 e. The zero-order valence-electron chi connectivity index (χ0n) is 63.4. The van der Waals surface area contributed by atoms with Gasteiger partial charge in [0.25, 0.3) is 58.6 Å². The first-order valence-corrected chi connectivity index (χ1v) is 38.6. The molecule has 6 fully saturated rings. The number of nitro groups is 2. The molecule has 2 aromatic carbocycles. The lowest BCUT2D eigenvalue weighted by Gasteiger charge is -2.25. The number of benzene rings is 2. The van der Waals surface area contributed by atoms with Gasteiger partial charge in [0, 0.05) is 75.6 Å². The highest BCUT2D eigenvalue weighted by molar-refractivity contribution is 6.10. The second kappa shape index (κ2) is 32.8. The fourth-order valence-electron chi connectivity index (χ4n) is 16.5. The highest BCUT2D eigenvalue weighted by atomic mass is 16.6. The van der Waals surface area contributed by atoms with Crippen LogP contribution in [0.5, 0.6) is 0 Å². The third kappa shape index (κ3) is 15.9. The summed E-state index contributed by atoms with van der Waals surface area (Å²) in [5, 5.41) is 47.0. The summed E-state index contributed by atoms with van der Waals surface area (Å²) < 4.78 is 0. The number of aromatic nitrogens is 6. The molecule has 40 heteroatoms. The summed E-state index contributed by atoms with van der Waals surface area (Å²) in [4.78, 5) is 261. The van der Waals surface area contributed by atoms with Gasteiger partial charge in [-0.15, -0.1) is 0 Å². The number of non-ortho nitro benzene ring substituents is 2. The molecule has 0 saturated carbocycles. The van der Waals surface area contributed by atoms with Crippen LogP contribution in [0.15, 0.2) is 146 Å². The molecule has 14 heterocycles. The number of hydrogen-bond acceptors (Lipinski definition) is 24. The van der Waals surface area contributed by atoms with Crippen molar-refractivity contribution in [3.63, 3.8) is 0 Å². The lowest BCUT2D eigenvalue weighted by atomic mass is 9.93. The molecule has 16 rings (SSSR count). The Bertz CT molecular complexity index is 5370. The van der Waals surface area contributed by atoms with E-state index in [0.717, 1.165) is 46.2 Å². The van der Waals surface area contributed by atoms with Gasteiger partial charge in [0.15, 0.2) is 0 Å². The number of anilines is 6. The highest BCUT2D eigenvalue weighted by Crippen LogP contribution is 2.36. The normalized spacial score (nSPS) is 22.3. The maximum Gasteiger partial charge on any atom is 0.273 e. The maximum absolute atomic E-state index is 15.3. The molecular formula is C80H72N22O18. The summed E-state index contributed by atoms with van der Waals surface area (Å²) in [6.45, 7) is -0.381. The SMILES string of the molecule is O=C(N[C@H]1CC2C(=O)Nc3cccc(n3)C(=O)N3CCCC3C(=O)Nc3cccc(n3)C(=O)N3CCCC3C(=O)Nc3cccc(n3)C(=O)N2C1)c1cc([N+](=O)[O-])ccc1-c1ccc([N+](=O)[O-])cc1C(=O)N[C@H]1CC2C(=O)Nc3cccc(n3)C(=O)N3CCCC3C(=O)Nc3cccc(n3)C(=O)N3CCCC3C(=O)Nc3cccc(n3)C(=O)N2C1. The Morgan fingerprint density at radius 1 is 0.325 bits per heavy atom. The van der Waals surface area contributed by atoms with Crippen molar-refractivity contribution in [2.24, 2.45) is 0 Å². The van der Waals surface area contributed by atoms with Crippen molar-refractivity contribution in [1.82, 2.24) is 69.9 Å². The van der Waals surface area contributed by atoms with Crippen LogP contribution in [0.4, 0.5) is 46.3 Å². The number of pyridine rings is 6. The molecule has 12 bridgehead atoms. The van der Waals surface area contributed by atoms with E-state index in [1.165, 1.54) is 129 Å². The predicted octanol–water partition coefficient (Wildman–Crippen LogP) is 4.44. The molecule has 0 radical (unpaired) electrons. The number of nitro benzene ring substituents is 2. The maximum atomic E-state index is 15.3. The first-order valence-electron chi connectivity index (χ1n) is 38.6. The van der Waals surface area contributed by atoms with Crippen LogP contribution < -0.4 is 42.5 Å². The van der Waals surface area contributed by atoms with Crippen molar-refractivity contribution >= 4 is 129 Å². The first kappa shape index (κ1) is 78.6. The zero-order valence-corrected chi connectivity index (χ0v) is 63.4. The fraction of sp³-hybridized carbons (Fsp3) is 0.300. The summed E-state index contributed by atoms with van der Waals surface area (Å²) in [6, 6.07) is 21.7. The third-order valence-corrected chi connectivity index (χ3v) is 22.2. The molecule has 8 atom stereocenters. The monoisotopic (exact) mass is 1630 g/mol. The summed E-state index contributed by atoms with van der Waals surface area (Å²) >= 11 is 0. The quantitative estimate of drug-likeness (QED) is 0.0807. The van der Waals surface area contributed by atoms with E-state index in [0.29, 0.717) is 25.7 Å². The third-order valence-electron chi connectivity index (χ3n) is 22.2. The molecule has 8 aliphatic heterocycles. The molecule has 610 valence electrons. The first-order chi connectivity index (χ1) is 57.9. The number of carbonyl (C=O) groups excluding carboxylic acids is 14. The standard InChI is InChI=1S/C80H72N22O18/c103-67(81-41-35-59-73(109)93-65-25-3-13-51(85-65)77(113)97-33-7-17-55(97)69(105)89-61-21-1-11-49(83-61)75(111)95-31-9-19-57(95)71(107)91-63-23-5-15-53(87-63)79(115)99(59)39-41)47-37-43(101(117)118)27-29-45(47)46-30-28-44(102(119)120)38-48(46)68(104)82-42-36-60-74(110)94-66-26-4-14-52(86-66)78(114)98-34-8-18-56(98)70(106)90-62-22-2-12-50(84-62)76(112)96-32-10-20-58(96)72(108)92-64-24-6-16-54(88-64)80(116)100(60)40-42/h1-6,11-16,21-30,37-38,41-42,55-60H,7-10,17-20,31-36,39-40H2,(H,81,103)(H,82,104)(H,83,89,105)(H,84,90,106)(H,85,93,109)(H,86,94,110)(H,87,91,107)(H,88,92,108)/t41-,42-,55?,56?,57?,58?,59?,60?/m0/s1. The number of nitrogens with one attached hydrogen (secondary N) is 8. The second-order valence-electron chi connectivity index (χ2n) is 29.7. The number of fused-ring (bicyclic) bond motifs is 18. The van der Waals surface area contributed by atoms with E-state index in [9.17, 15) is 68.2 Å². The van der Waals surface area contributed by atoms with Gasteiger partial charge < -0.3 is 71.9 Å². The van der Waals surface area contributed by atoms with Crippen molar-refractivity contribution in [3.8, 4) is 11.1 Å².